The van der Waals surface area contributed by atoms with Crippen molar-refractivity contribution in [1.29, 1.82) is 0 Å². The number of ether oxygens (including phenoxy) is 2. The van der Waals surface area contributed by atoms with Crippen LogP contribution in [0.25, 0.3) is 28.0 Å². The first-order valence-corrected chi connectivity index (χ1v) is 10.2. The third-order valence-corrected chi connectivity index (χ3v) is 5.42. The fraction of sp³-hybridized carbons (Fsp3) is 0.261. The maximum absolute atomic E-state index is 12.9. The standard InChI is InChI=1S/C23H22F3N5O3/c1-13(23(24,25)26)29-22(32)21-18(33-3)7-15(8-19(21)34-4)17-11-27-20-9-14(5-6-31(17)20)16-10-28-30(2)12-16/h5-13H,1-4H3,(H,29,32)/t13-/m0/s1. The van der Waals surface area contributed by atoms with Crippen molar-refractivity contribution in [1.82, 2.24) is 24.5 Å². The molecule has 0 radical (unpaired) electrons. The Hall–Kier alpha value is -4.02. The predicted octanol–water partition coefficient (Wildman–Crippen LogP) is 4.10. The second-order valence-electron chi connectivity index (χ2n) is 7.68. The number of halogens is 3. The van der Waals surface area contributed by atoms with Crippen LogP contribution in [-0.4, -0.2) is 51.5 Å². The zero-order valence-electron chi connectivity index (χ0n) is 18.8. The molecular weight excluding hydrogens is 451 g/mol. The fourth-order valence-corrected chi connectivity index (χ4v) is 3.58. The summed E-state index contributed by atoms with van der Waals surface area (Å²) in [4.78, 5) is 17.1. The zero-order chi connectivity index (χ0) is 24.6. The van der Waals surface area contributed by atoms with Crippen molar-refractivity contribution >= 4 is 11.6 Å². The molecule has 8 nitrogen and oxygen atoms in total. The Bertz CT molecular complexity index is 1330. The third-order valence-electron chi connectivity index (χ3n) is 5.42. The highest BCUT2D eigenvalue weighted by atomic mass is 19.4. The molecule has 0 aliphatic rings. The van der Waals surface area contributed by atoms with Crippen molar-refractivity contribution in [3.8, 4) is 33.9 Å². The van der Waals surface area contributed by atoms with Gasteiger partial charge in [-0.05, 0) is 36.8 Å². The van der Waals surface area contributed by atoms with Gasteiger partial charge in [0.2, 0.25) is 0 Å². The number of rotatable bonds is 6. The highest BCUT2D eigenvalue weighted by Gasteiger charge is 2.38. The number of carbonyl (C=O) groups excluding carboxylic acids is 1. The van der Waals surface area contributed by atoms with Gasteiger partial charge in [0.15, 0.2) is 0 Å². The SMILES string of the molecule is COc1cc(-c2cnc3cc(-c4cnn(C)c4)ccn23)cc(OC)c1C(=O)N[C@@H](C)C(F)(F)F. The molecule has 0 bridgehead atoms. The normalized spacial score (nSPS) is 12.6. The Morgan fingerprint density at radius 1 is 1.06 bits per heavy atom. The first-order valence-electron chi connectivity index (χ1n) is 10.2. The molecule has 0 saturated heterocycles. The Morgan fingerprint density at radius 2 is 1.74 bits per heavy atom. The number of hydrogen-bond acceptors (Lipinski definition) is 5. The molecule has 11 heteroatoms. The summed E-state index contributed by atoms with van der Waals surface area (Å²) in [6.45, 7) is 0.864. The maximum atomic E-state index is 12.9. The minimum atomic E-state index is -4.58. The molecule has 34 heavy (non-hydrogen) atoms. The lowest BCUT2D eigenvalue weighted by Crippen LogP contribution is -2.43. The highest BCUT2D eigenvalue weighted by Crippen LogP contribution is 2.36. The molecule has 178 valence electrons. The number of benzene rings is 1. The monoisotopic (exact) mass is 473 g/mol. The van der Waals surface area contributed by atoms with Gasteiger partial charge in [-0.2, -0.15) is 18.3 Å². The molecule has 4 rings (SSSR count). The molecule has 1 atom stereocenters. The Labute approximate surface area is 192 Å². The smallest absolute Gasteiger partial charge is 0.408 e. The minimum absolute atomic E-state index is 0.0724. The van der Waals surface area contributed by atoms with Crippen LogP contribution in [0.3, 0.4) is 0 Å². The number of aromatic nitrogens is 4. The number of methoxy groups -OCH3 is 2. The fourth-order valence-electron chi connectivity index (χ4n) is 3.58. The summed E-state index contributed by atoms with van der Waals surface area (Å²) in [5.74, 6) is -0.810. The van der Waals surface area contributed by atoms with Crippen LogP contribution < -0.4 is 14.8 Å². The number of hydrogen-bond donors (Lipinski definition) is 1. The van der Waals surface area contributed by atoms with Gasteiger partial charge >= 0.3 is 6.18 Å². The summed E-state index contributed by atoms with van der Waals surface area (Å²) in [6.07, 6.45) is 2.58. The lowest BCUT2D eigenvalue weighted by atomic mass is 10.0. The van der Waals surface area contributed by atoms with Gasteiger partial charge in [0.1, 0.15) is 28.8 Å². The highest BCUT2D eigenvalue weighted by molar-refractivity contribution is 6.01. The van der Waals surface area contributed by atoms with Crippen molar-refractivity contribution in [2.24, 2.45) is 7.05 Å². The number of alkyl halides is 3. The number of nitrogens with one attached hydrogen (secondary N) is 1. The van der Waals surface area contributed by atoms with Crippen LogP contribution in [0.4, 0.5) is 13.2 Å². The van der Waals surface area contributed by atoms with Crippen molar-refractivity contribution in [3.63, 3.8) is 0 Å². The summed E-state index contributed by atoms with van der Waals surface area (Å²) < 4.78 is 53.1. The van der Waals surface area contributed by atoms with Crippen LogP contribution in [-0.2, 0) is 7.05 Å². The van der Waals surface area contributed by atoms with Crippen molar-refractivity contribution in [2.45, 2.75) is 19.1 Å². The second kappa shape index (κ2) is 8.73. The van der Waals surface area contributed by atoms with E-state index in [-0.39, 0.29) is 17.1 Å². The largest absolute Gasteiger partial charge is 0.496 e. The quantitative estimate of drug-likeness (QED) is 0.456. The lowest BCUT2D eigenvalue weighted by molar-refractivity contribution is -0.149. The van der Waals surface area contributed by atoms with Crippen molar-refractivity contribution in [3.05, 3.63) is 54.6 Å². The molecule has 0 aliphatic carbocycles. The van der Waals surface area contributed by atoms with E-state index in [0.717, 1.165) is 18.1 Å². The van der Waals surface area contributed by atoms with E-state index in [1.54, 1.807) is 29.2 Å². The van der Waals surface area contributed by atoms with E-state index in [0.29, 0.717) is 16.9 Å². The van der Waals surface area contributed by atoms with Crippen LogP contribution >= 0.6 is 0 Å². The molecule has 1 N–H and O–H groups in total. The average Bonchev–Trinajstić information content (AvgIpc) is 3.43. The molecular formula is C23H22F3N5O3. The third kappa shape index (κ3) is 4.28. The maximum Gasteiger partial charge on any atom is 0.408 e. The van der Waals surface area contributed by atoms with Gasteiger partial charge in [-0.25, -0.2) is 4.98 Å². The van der Waals surface area contributed by atoms with Gasteiger partial charge in [0.05, 0.1) is 32.3 Å². The van der Waals surface area contributed by atoms with E-state index in [4.69, 9.17) is 9.47 Å². The number of pyridine rings is 1. The molecule has 1 aromatic carbocycles. The van der Waals surface area contributed by atoms with Gasteiger partial charge < -0.3 is 14.8 Å². The van der Waals surface area contributed by atoms with E-state index in [9.17, 15) is 18.0 Å². The number of nitrogens with zero attached hydrogens (tertiary/aromatic N) is 4. The lowest BCUT2D eigenvalue weighted by Gasteiger charge is -2.20. The van der Waals surface area contributed by atoms with E-state index in [1.165, 1.54) is 14.2 Å². The van der Waals surface area contributed by atoms with E-state index >= 15 is 0 Å². The Kier molecular flexibility index (Phi) is 5.94. The molecule has 0 unspecified atom stereocenters. The minimum Gasteiger partial charge on any atom is -0.496 e. The van der Waals surface area contributed by atoms with Gasteiger partial charge in [-0.3, -0.25) is 13.9 Å². The number of aryl methyl sites for hydroxylation is 1. The van der Waals surface area contributed by atoms with Gasteiger partial charge in [0.25, 0.3) is 5.91 Å². The molecule has 0 saturated carbocycles. The predicted molar refractivity (Wildman–Crippen MR) is 119 cm³/mol. The average molecular weight is 473 g/mol. The number of imidazole rings is 1. The van der Waals surface area contributed by atoms with Crippen LogP contribution in [0.2, 0.25) is 0 Å². The Morgan fingerprint density at radius 3 is 2.29 bits per heavy atom. The first-order chi connectivity index (χ1) is 16.1. The zero-order valence-corrected chi connectivity index (χ0v) is 18.8. The molecule has 3 heterocycles. The number of carbonyl (C=O) groups is 1. The van der Waals surface area contributed by atoms with Gasteiger partial charge in [-0.15, -0.1) is 0 Å². The van der Waals surface area contributed by atoms with Crippen molar-refractivity contribution < 1.29 is 27.4 Å². The molecule has 0 aliphatic heterocycles. The number of amides is 1. The van der Waals surface area contributed by atoms with Crippen LogP contribution in [0.5, 0.6) is 11.5 Å². The summed E-state index contributed by atoms with van der Waals surface area (Å²) in [5, 5.41) is 6.13. The van der Waals surface area contributed by atoms with Crippen molar-refractivity contribution in [2.75, 3.05) is 14.2 Å². The summed E-state index contributed by atoms with van der Waals surface area (Å²) in [6, 6.07) is 4.92. The summed E-state index contributed by atoms with van der Waals surface area (Å²) >= 11 is 0. The Balaban J connectivity index is 1.74. The van der Waals surface area contributed by atoms with E-state index < -0.39 is 18.1 Å². The second-order valence-corrected chi connectivity index (χ2v) is 7.68. The first kappa shape index (κ1) is 23.1. The molecule has 3 aromatic heterocycles. The van der Waals surface area contributed by atoms with E-state index in [2.05, 4.69) is 10.1 Å². The van der Waals surface area contributed by atoms with E-state index in [1.807, 2.05) is 41.3 Å². The summed E-state index contributed by atoms with van der Waals surface area (Å²) in [5.41, 5.74) is 3.73. The molecule has 0 fully saturated rings. The molecule has 4 aromatic rings. The topological polar surface area (TPSA) is 82.7 Å². The molecule has 0 spiro atoms. The molecule has 1 amide bonds. The summed E-state index contributed by atoms with van der Waals surface area (Å²) in [7, 11) is 4.50. The number of fused-ring (bicyclic) bond motifs is 1. The van der Waals surface area contributed by atoms with Gasteiger partial charge in [0, 0.05) is 30.6 Å². The van der Waals surface area contributed by atoms with Crippen LogP contribution in [0.1, 0.15) is 17.3 Å². The van der Waals surface area contributed by atoms with Crippen LogP contribution in [0.15, 0.2) is 49.1 Å². The van der Waals surface area contributed by atoms with Crippen LogP contribution in [0, 0.1) is 0 Å². The van der Waals surface area contributed by atoms with Gasteiger partial charge in [-0.1, -0.05) is 0 Å².